The summed E-state index contributed by atoms with van der Waals surface area (Å²) in [7, 11) is 0. The molecule has 1 saturated carbocycles. The molecule has 0 aliphatic heterocycles. The minimum absolute atomic E-state index is 0.0516. The molecule has 0 spiro atoms. The lowest BCUT2D eigenvalue weighted by atomic mass is 9.75. The zero-order valence-electron chi connectivity index (χ0n) is 7.75. The molecule has 0 aromatic rings. The average molecular weight is 185 g/mol. The predicted octanol–water partition coefficient (Wildman–Crippen LogP) is 0.548. The molecule has 3 N–H and O–H groups in total. The standard InChI is InChI=1S/C9H15NO3/c1-6(11)7-3-2-4-9(10,5-7)8(12)13/h7H,2-5,10H2,1H3,(H,12,13)/t7-,9+/m1/s1. The SMILES string of the molecule is CC(=O)[C@@H]1CCC[C@@](N)(C(=O)O)C1. The van der Waals surface area contributed by atoms with Crippen LogP contribution in [0.15, 0.2) is 0 Å². The van der Waals surface area contributed by atoms with Crippen LogP contribution in [-0.2, 0) is 9.59 Å². The van der Waals surface area contributed by atoms with Crippen molar-refractivity contribution in [3.05, 3.63) is 0 Å². The first kappa shape index (κ1) is 10.2. The van der Waals surface area contributed by atoms with Gasteiger partial charge >= 0.3 is 5.97 Å². The lowest BCUT2D eigenvalue weighted by Crippen LogP contribution is -2.52. The van der Waals surface area contributed by atoms with Crippen LogP contribution in [0.1, 0.15) is 32.6 Å². The van der Waals surface area contributed by atoms with Gasteiger partial charge in [-0.1, -0.05) is 6.42 Å². The van der Waals surface area contributed by atoms with E-state index >= 15 is 0 Å². The van der Waals surface area contributed by atoms with Crippen LogP contribution in [-0.4, -0.2) is 22.4 Å². The molecule has 0 bridgehead atoms. The molecule has 1 rings (SSSR count). The molecule has 0 heterocycles. The van der Waals surface area contributed by atoms with E-state index in [1.165, 1.54) is 6.92 Å². The van der Waals surface area contributed by atoms with Crippen LogP contribution in [0.25, 0.3) is 0 Å². The Morgan fingerprint density at radius 1 is 1.54 bits per heavy atom. The monoisotopic (exact) mass is 185 g/mol. The number of nitrogens with two attached hydrogens (primary N) is 1. The molecule has 4 nitrogen and oxygen atoms in total. The van der Waals surface area contributed by atoms with Gasteiger partial charge in [0.25, 0.3) is 0 Å². The fourth-order valence-corrected chi connectivity index (χ4v) is 1.85. The van der Waals surface area contributed by atoms with Gasteiger partial charge in [0.1, 0.15) is 11.3 Å². The van der Waals surface area contributed by atoms with E-state index in [1.54, 1.807) is 0 Å². The summed E-state index contributed by atoms with van der Waals surface area (Å²) in [5, 5.41) is 8.86. The number of rotatable bonds is 2. The van der Waals surface area contributed by atoms with E-state index in [0.29, 0.717) is 6.42 Å². The van der Waals surface area contributed by atoms with Gasteiger partial charge in [-0.3, -0.25) is 9.59 Å². The molecule has 0 aromatic heterocycles. The molecule has 74 valence electrons. The first-order valence-corrected chi connectivity index (χ1v) is 4.48. The van der Waals surface area contributed by atoms with E-state index in [1.807, 2.05) is 0 Å². The number of Topliss-reactive ketones (excluding diaryl/α,β-unsaturated/α-hetero) is 1. The quantitative estimate of drug-likeness (QED) is 0.658. The van der Waals surface area contributed by atoms with Gasteiger partial charge in [-0.05, 0) is 26.2 Å². The van der Waals surface area contributed by atoms with Crippen molar-refractivity contribution in [3.63, 3.8) is 0 Å². The Labute approximate surface area is 77.1 Å². The van der Waals surface area contributed by atoms with E-state index in [4.69, 9.17) is 10.8 Å². The summed E-state index contributed by atoms with van der Waals surface area (Å²) in [5.74, 6) is -1.09. The van der Waals surface area contributed by atoms with E-state index in [2.05, 4.69) is 0 Å². The molecular weight excluding hydrogens is 170 g/mol. The third kappa shape index (κ3) is 2.06. The number of ketones is 1. The van der Waals surface area contributed by atoms with Crippen molar-refractivity contribution in [1.82, 2.24) is 0 Å². The molecule has 0 radical (unpaired) electrons. The Kier molecular flexibility index (Phi) is 2.71. The van der Waals surface area contributed by atoms with Crippen molar-refractivity contribution in [2.24, 2.45) is 11.7 Å². The lowest BCUT2D eigenvalue weighted by molar-refractivity contribution is -0.145. The molecule has 0 unspecified atom stereocenters. The Bertz CT molecular complexity index is 239. The zero-order chi connectivity index (χ0) is 10.1. The smallest absolute Gasteiger partial charge is 0.323 e. The second-order valence-corrected chi connectivity index (χ2v) is 3.87. The maximum Gasteiger partial charge on any atom is 0.323 e. The molecular formula is C9H15NO3. The van der Waals surface area contributed by atoms with Crippen molar-refractivity contribution in [2.75, 3.05) is 0 Å². The molecule has 1 aliphatic carbocycles. The van der Waals surface area contributed by atoms with E-state index in [0.717, 1.165) is 12.8 Å². The minimum Gasteiger partial charge on any atom is -0.480 e. The van der Waals surface area contributed by atoms with E-state index in [-0.39, 0.29) is 18.1 Å². The van der Waals surface area contributed by atoms with Gasteiger partial charge in [-0.15, -0.1) is 0 Å². The van der Waals surface area contributed by atoms with Crippen molar-refractivity contribution in [2.45, 2.75) is 38.1 Å². The number of hydrogen-bond acceptors (Lipinski definition) is 3. The van der Waals surface area contributed by atoms with Crippen LogP contribution in [0.3, 0.4) is 0 Å². The molecule has 1 aliphatic rings. The van der Waals surface area contributed by atoms with Crippen LogP contribution >= 0.6 is 0 Å². The minimum atomic E-state index is -1.17. The summed E-state index contributed by atoms with van der Waals surface area (Å²) in [5.41, 5.74) is 4.51. The molecule has 2 atom stereocenters. The van der Waals surface area contributed by atoms with Crippen LogP contribution in [0.5, 0.6) is 0 Å². The summed E-state index contributed by atoms with van der Waals surface area (Å²) in [6, 6.07) is 0. The zero-order valence-corrected chi connectivity index (χ0v) is 7.75. The number of carbonyl (C=O) groups is 2. The Morgan fingerprint density at radius 3 is 2.62 bits per heavy atom. The largest absolute Gasteiger partial charge is 0.480 e. The molecule has 0 amide bonds. The van der Waals surface area contributed by atoms with Gasteiger partial charge in [-0.25, -0.2) is 0 Å². The first-order valence-electron chi connectivity index (χ1n) is 4.48. The van der Waals surface area contributed by atoms with Gasteiger partial charge in [0.2, 0.25) is 0 Å². The summed E-state index contributed by atoms with van der Waals surface area (Å²) >= 11 is 0. The second kappa shape index (κ2) is 3.46. The third-order valence-electron chi connectivity index (χ3n) is 2.79. The number of carboxylic acids is 1. The topological polar surface area (TPSA) is 80.4 Å². The van der Waals surface area contributed by atoms with Crippen LogP contribution in [0.4, 0.5) is 0 Å². The predicted molar refractivity (Wildman–Crippen MR) is 47.2 cm³/mol. The molecule has 0 aromatic carbocycles. The summed E-state index contributed by atoms with van der Waals surface area (Å²) in [4.78, 5) is 21.9. The van der Waals surface area contributed by atoms with Crippen molar-refractivity contribution >= 4 is 11.8 Å². The molecule has 0 saturated heterocycles. The van der Waals surface area contributed by atoms with Crippen molar-refractivity contribution in [3.8, 4) is 0 Å². The van der Waals surface area contributed by atoms with Gasteiger partial charge < -0.3 is 10.8 Å². The van der Waals surface area contributed by atoms with Gasteiger partial charge in [-0.2, -0.15) is 0 Å². The van der Waals surface area contributed by atoms with Crippen LogP contribution in [0, 0.1) is 5.92 Å². The third-order valence-corrected chi connectivity index (χ3v) is 2.79. The molecule has 1 fully saturated rings. The number of aliphatic carboxylic acids is 1. The highest BCUT2D eigenvalue weighted by atomic mass is 16.4. The van der Waals surface area contributed by atoms with Crippen molar-refractivity contribution in [1.29, 1.82) is 0 Å². The van der Waals surface area contributed by atoms with Crippen molar-refractivity contribution < 1.29 is 14.7 Å². The molecule has 4 heteroatoms. The maximum atomic E-state index is 11.1. The van der Waals surface area contributed by atoms with Gasteiger partial charge in [0.15, 0.2) is 0 Å². The highest BCUT2D eigenvalue weighted by Crippen LogP contribution is 2.31. The second-order valence-electron chi connectivity index (χ2n) is 3.87. The number of carbonyl (C=O) groups excluding carboxylic acids is 1. The number of hydrogen-bond donors (Lipinski definition) is 2. The summed E-state index contributed by atoms with van der Waals surface area (Å²) in [6.45, 7) is 1.50. The maximum absolute atomic E-state index is 11.1. The van der Waals surface area contributed by atoms with E-state index < -0.39 is 11.5 Å². The average Bonchev–Trinajstić information content (AvgIpc) is 2.04. The van der Waals surface area contributed by atoms with Crippen LogP contribution in [0.2, 0.25) is 0 Å². The summed E-state index contributed by atoms with van der Waals surface area (Å²) in [6.07, 6.45) is 2.28. The van der Waals surface area contributed by atoms with Gasteiger partial charge in [0, 0.05) is 5.92 Å². The Balaban J connectivity index is 2.71. The molecule has 13 heavy (non-hydrogen) atoms. The highest BCUT2D eigenvalue weighted by molar-refractivity contribution is 5.83. The Hall–Kier alpha value is -0.900. The Morgan fingerprint density at radius 2 is 2.15 bits per heavy atom. The highest BCUT2D eigenvalue weighted by Gasteiger charge is 2.40. The lowest BCUT2D eigenvalue weighted by Gasteiger charge is -2.33. The fourth-order valence-electron chi connectivity index (χ4n) is 1.85. The van der Waals surface area contributed by atoms with E-state index in [9.17, 15) is 9.59 Å². The first-order chi connectivity index (χ1) is 5.96. The van der Waals surface area contributed by atoms with Gasteiger partial charge in [0.05, 0.1) is 0 Å². The fraction of sp³-hybridized carbons (Fsp3) is 0.778. The number of carboxylic acid groups (broad SMARTS) is 1. The normalized spacial score (nSPS) is 34.2. The summed E-state index contributed by atoms with van der Waals surface area (Å²) < 4.78 is 0. The van der Waals surface area contributed by atoms with Crippen LogP contribution < -0.4 is 5.73 Å².